The minimum atomic E-state index is -0.329. The van der Waals surface area contributed by atoms with Crippen molar-refractivity contribution in [1.29, 1.82) is 0 Å². The molecule has 0 fully saturated rings. The first-order chi connectivity index (χ1) is 8.29. The number of carbonyl (C=O) groups is 1. The van der Waals surface area contributed by atoms with Crippen LogP contribution in [0.15, 0.2) is 42.7 Å². The number of halogens is 1. The Hall–Kier alpha value is -2.36. The Morgan fingerprint density at radius 3 is 2.47 bits per heavy atom. The molecule has 0 N–H and O–H groups in total. The molecule has 1 aromatic carbocycles. The quantitative estimate of drug-likeness (QED) is 0.598. The molecular formula is C13H9FN2O. The van der Waals surface area contributed by atoms with Crippen LogP contribution in [0.25, 0.3) is 11.6 Å². The zero-order valence-corrected chi connectivity index (χ0v) is 8.88. The van der Waals surface area contributed by atoms with E-state index >= 15 is 0 Å². The van der Waals surface area contributed by atoms with Gasteiger partial charge in [-0.1, -0.05) is 12.1 Å². The molecule has 1 aromatic heterocycles. The topological polar surface area (TPSA) is 42.9 Å². The van der Waals surface area contributed by atoms with E-state index in [1.807, 2.05) is 0 Å². The molecule has 4 heteroatoms. The minimum Gasteiger partial charge on any atom is -0.298 e. The summed E-state index contributed by atoms with van der Waals surface area (Å²) in [4.78, 5) is 11.0. The van der Waals surface area contributed by atoms with Crippen LogP contribution in [0.1, 0.15) is 11.1 Å². The fraction of sp³-hybridized carbons (Fsp3) is 0. The van der Waals surface area contributed by atoms with Gasteiger partial charge in [0.05, 0.1) is 12.4 Å². The third-order valence-corrected chi connectivity index (χ3v) is 2.23. The van der Waals surface area contributed by atoms with E-state index < -0.39 is 0 Å². The van der Waals surface area contributed by atoms with Gasteiger partial charge in [-0.3, -0.25) is 4.79 Å². The second-order valence-electron chi connectivity index (χ2n) is 3.40. The highest BCUT2D eigenvalue weighted by Crippen LogP contribution is 2.16. The molecule has 1 heterocycles. The van der Waals surface area contributed by atoms with Crippen LogP contribution in [0.2, 0.25) is 0 Å². The van der Waals surface area contributed by atoms with Gasteiger partial charge in [0.2, 0.25) is 0 Å². The average Bonchev–Trinajstić information content (AvgIpc) is 2.38. The van der Waals surface area contributed by atoms with E-state index in [1.165, 1.54) is 12.1 Å². The van der Waals surface area contributed by atoms with Gasteiger partial charge in [0.15, 0.2) is 6.29 Å². The first kappa shape index (κ1) is 11.1. The van der Waals surface area contributed by atoms with Crippen molar-refractivity contribution in [3.05, 3.63) is 59.7 Å². The SMILES string of the molecule is O=CC(=Cc1ccnnc1)c1ccc(F)cc1. The Morgan fingerprint density at radius 2 is 1.88 bits per heavy atom. The van der Waals surface area contributed by atoms with Gasteiger partial charge in [-0.2, -0.15) is 10.2 Å². The summed E-state index contributed by atoms with van der Waals surface area (Å²) in [5.41, 5.74) is 1.91. The van der Waals surface area contributed by atoms with Crippen molar-refractivity contribution in [2.75, 3.05) is 0 Å². The van der Waals surface area contributed by atoms with Crippen LogP contribution >= 0.6 is 0 Å². The molecule has 17 heavy (non-hydrogen) atoms. The van der Waals surface area contributed by atoms with Gasteiger partial charge < -0.3 is 0 Å². The van der Waals surface area contributed by atoms with Crippen LogP contribution in [0.3, 0.4) is 0 Å². The highest BCUT2D eigenvalue weighted by molar-refractivity contribution is 6.13. The molecule has 0 aliphatic carbocycles. The molecule has 2 aromatic rings. The number of aromatic nitrogens is 2. The molecule has 0 spiro atoms. The van der Waals surface area contributed by atoms with Crippen molar-refractivity contribution >= 4 is 17.9 Å². The largest absolute Gasteiger partial charge is 0.298 e. The van der Waals surface area contributed by atoms with Crippen LogP contribution in [0.5, 0.6) is 0 Å². The lowest BCUT2D eigenvalue weighted by molar-refractivity contribution is -0.103. The maximum atomic E-state index is 12.8. The van der Waals surface area contributed by atoms with Gasteiger partial charge in [0.25, 0.3) is 0 Å². The number of hydrogen-bond acceptors (Lipinski definition) is 3. The lowest BCUT2D eigenvalue weighted by Gasteiger charge is -2.00. The fourth-order valence-electron chi connectivity index (χ4n) is 1.39. The van der Waals surface area contributed by atoms with Crippen molar-refractivity contribution in [2.45, 2.75) is 0 Å². The van der Waals surface area contributed by atoms with E-state index in [9.17, 15) is 9.18 Å². The van der Waals surface area contributed by atoms with Gasteiger partial charge in [-0.05, 0) is 35.4 Å². The van der Waals surface area contributed by atoms with Crippen LogP contribution < -0.4 is 0 Å². The van der Waals surface area contributed by atoms with Crippen LogP contribution in [0.4, 0.5) is 4.39 Å². The number of aldehydes is 1. The van der Waals surface area contributed by atoms with Crippen molar-refractivity contribution < 1.29 is 9.18 Å². The number of allylic oxidation sites excluding steroid dienone is 1. The molecule has 0 atom stereocenters. The highest BCUT2D eigenvalue weighted by atomic mass is 19.1. The zero-order valence-electron chi connectivity index (χ0n) is 8.88. The van der Waals surface area contributed by atoms with E-state index in [2.05, 4.69) is 10.2 Å². The Labute approximate surface area is 97.6 Å². The normalized spacial score (nSPS) is 11.2. The number of benzene rings is 1. The standard InChI is InChI=1S/C13H9FN2O/c14-13-3-1-11(2-4-13)12(9-17)7-10-5-6-15-16-8-10/h1-9H. The third kappa shape index (κ3) is 2.81. The molecule has 0 aliphatic heterocycles. The zero-order chi connectivity index (χ0) is 12.1. The predicted octanol–water partition coefficient (Wildman–Crippen LogP) is 2.36. The maximum absolute atomic E-state index is 12.8. The predicted molar refractivity (Wildman–Crippen MR) is 62.4 cm³/mol. The van der Waals surface area contributed by atoms with E-state index in [4.69, 9.17) is 0 Å². The van der Waals surface area contributed by atoms with Crippen molar-refractivity contribution in [3.63, 3.8) is 0 Å². The summed E-state index contributed by atoms with van der Waals surface area (Å²) in [5.74, 6) is -0.329. The number of carbonyl (C=O) groups excluding carboxylic acids is 1. The molecule has 0 saturated heterocycles. The van der Waals surface area contributed by atoms with E-state index in [0.29, 0.717) is 11.1 Å². The van der Waals surface area contributed by atoms with E-state index in [0.717, 1.165) is 11.8 Å². The van der Waals surface area contributed by atoms with Crippen LogP contribution in [0, 0.1) is 5.82 Å². The van der Waals surface area contributed by atoms with Gasteiger partial charge >= 0.3 is 0 Å². The second kappa shape index (κ2) is 5.12. The lowest BCUT2D eigenvalue weighted by Crippen LogP contribution is -1.87. The summed E-state index contributed by atoms with van der Waals surface area (Å²) in [5, 5.41) is 7.35. The van der Waals surface area contributed by atoms with Gasteiger partial charge in [0, 0.05) is 5.57 Å². The Bertz CT molecular complexity index is 535. The molecule has 84 valence electrons. The highest BCUT2D eigenvalue weighted by Gasteiger charge is 2.01. The Balaban J connectivity index is 2.37. The number of nitrogens with zero attached hydrogens (tertiary/aromatic N) is 2. The summed E-state index contributed by atoms with van der Waals surface area (Å²) >= 11 is 0. The first-order valence-electron chi connectivity index (χ1n) is 4.99. The third-order valence-electron chi connectivity index (χ3n) is 2.23. The molecular weight excluding hydrogens is 219 g/mol. The average molecular weight is 228 g/mol. The Morgan fingerprint density at radius 1 is 1.12 bits per heavy atom. The molecule has 2 rings (SSSR count). The van der Waals surface area contributed by atoms with Crippen LogP contribution in [-0.2, 0) is 4.79 Å². The fourth-order valence-corrected chi connectivity index (χ4v) is 1.39. The van der Waals surface area contributed by atoms with E-state index in [1.54, 1.807) is 36.7 Å². The first-order valence-corrected chi connectivity index (χ1v) is 4.99. The number of rotatable bonds is 3. The summed E-state index contributed by atoms with van der Waals surface area (Å²) in [6, 6.07) is 7.49. The van der Waals surface area contributed by atoms with Gasteiger partial charge in [-0.25, -0.2) is 4.39 Å². The van der Waals surface area contributed by atoms with Gasteiger partial charge in [0.1, 0.15) is 5.82 Å². The molecule has 0 bridgehead atoms. The number of hydrogen-bond donors (Lipinski definition) is 0. The summed E-state index contributed by atoms with van der Waals surface area (Å²) in [7, 11) is 0. The minimum absolute atomic E-state index is 0.329. The molecule has 0 amide bonds. The maximum Gasteiger partial charge on any atom is 0.150 e. The van der Waals surface area contributed by atoms with Crippen molar-refractivity contribution in [1.82, 2.24) is 10.2 Å². The van der Waals surface area contributed by atoms with Crippen molar-refractivity contribution in [2.24, 2.45) is 0 Å². The van der Waals surface area contributed by atoms with E-state index in [-0.39, 0.29) is 5.82 Å². The van der Waals surface area contributed by atoms with Crippen molar-refractivity contribution in [3.8, 4) is 0 Å². The molecule has 0 radical (unpaired) electrons. The van der Waals surface area contributed by atoms with Gasteiger partial charge in [-0.15, -0.1) is 0 Å². The molecule has 0 saturated carbocycles. The van der Waals surface area contributed by atoms with Crippen LogP contribution in [-0.4, -0.2) is 16.5 Å². The molecule has 3 nitrogen and oxygen atoms in total. The second-order valence-corrected chi connectivity index (χ2v) is 3.40. The summed E-state index contributed by atoms with van der Waals surface area (Å²) in [6.07, 6.45) is 5.49. The summed E-state index contributed by atoms with van der Waals surface area (Å²) in [6.45, 7) is 0. The molecule has 0 aliphatic rings. The summed E-state index contributed by atoms with van der Waals surface area (Å²) < 4.78 is 12.8. The Kier molecular flexibility index (Phi) is 3.35. The molecule has 0 unspecified atom stereocenters. The monoisotopic (exact) mass is 228 g/mol. The smallest absolute Gasteiger partial charge is 0.150 e. The lowest BCUT2D eigenvalue weighted by atomic mass is 10.1.